The van der Waals surface area contributed by atoms with Gasteiger partial charge in [0.05, 0.1) is 0 Å². The summed E-state index contributed by atoms with van der Waals surface area (Å²) in [6, 6.07) is 9.29. The van der Waals surface area contributed by atoms with Crippen molar-refractivity contribution in [1.82, 2.24) is 9.88 Å². The second-order valence-corrected chi connectivity index (χ2v) is 5.06. The molecule has 1 aromatic heterocycles. The van der Waals surface area contributed by atoms with Gasteiger partial charge in [-0.3, -0.25) is 0 Å². The Balaban J connectivity index is 2.26. The Morgan fingerprint density at radius 2 is 2.00 bits per heavy atom. The van der Waals surface area contributed by atoms with Gasteiger partial charge in [0, 0.05) is 36.2 Å². The molecule has 0 amide bonds. The van der Waals surface area contributed by atoms with Gasteiger partial charge in [0.15, 0.2) is 0 Å². The van der Waals surface area contributed by atoms with E-state index in [1.165, 1.54) is 29.3 Å². The number of benzene rings is 1. The van der Waals surface area contributed by atoms with E-state index >= 15 is 0 Å². The Labute approximate surface area is 110 Å². The first-order valence-electron chi connectivity index (χ1n) is 7.06. The fraction of sp³-hybridized carbons (Fsp3) is 0.500. The van der Waals surface area contributed by atoms with E-state index in [2.05, 4.69) is 61.1 Å². The summed E-state index contributed by atoms with van der Waals surface area (Å²) in [5.74, 6) is 0. The first-order chi connectivity index (χ1) is 8.76. The van der Waals surface area contributed by atoms with Crippen LogP contribution in [-0.2, 0) is 13.1 Å². The van der Waals surface area contributed by atoms with Gasteiger partial charge in [-0.05, 0) is 31.4 Å². The van der Waals surface area contributed by atoms with Crippen molar-refractivity contribution in [3.05, 3.63) is 36.0 Å². The number of nitrogens with zero attached hydrogens (tertiary/aromatic N) is 1. The molecule has 98 valence electrons. The third kappa shape index (κ3) is 2.75. The molecule has 2 heteroatoms. The summed E-state index contributed by atoms with van der Waals surface area (Å²) < 4.78 is 2.38. The van der Waals surface area contributed by atoms with E-state index in [0.717, 1.165) is 13.1 Å². The van der Waals surface area contributed by atoms with Crippen LogP contribution in [0.1, 0.15) is 39.2 Å². The molecule has 1 atom stereocenters. The number of aromatic nitrogens is 1. The number of hydrogen-bond donors (Lipinski definition) is 1. The number of rotatable bonds is 6. The van der Waals surface area contributed by atoms with Crippen LogP contribution < -0.4 is 5.32 Å². The van der Waals surface area contributed by atoms with Gasteiger partial charge in [0.1, 0.15) is 0 Å². The summed E-state index contributed by atoms with van der Waals surface area (Å²) in [6.45, 7) is 8.76. The molecule has 0 saturated carbocycles. The smallest absolute Gasteiger partial charge is 0.0483 e. The summed E-state index contributed by atoms with van der Waals surface area (Å²) in [5.41, 5.74) is 2.78. The number of hydrogen-bond acceptors (Lipinski definition) is 1. The molecule has 1 heterocycles. The maximum absolute atomic E-state index is 3.58. The predicted molar refractivity (Wildman–Crippen MR) is 78.8 cm³/mol. The lowest BCUT2D eigenvalue weighted by Gasteiger charge is -2.10. The Morgan fingerprint density at radius 1 is 1.22 bits per heavy atom. The minimum absolute atomic E-state index is 0.582. The third-order valence-electron chi connectivity index (χ3n) is 3.59. The third-order valence-corrected chi connectivity index (χ3v) is 3.59. The number of para-hydroxylation sites is 1. The molecule has 0 aliphatic carbocycles. The molecule has 0 fully saturated rings. The van der Waals surface area contributed by atoms with Gasteiger partial charge in [-0.15, -0.1) is 0 Å². The monoisotopic (exact) mass is 244 g/mol. The van der Waals surface area contributed by atoms with Crippen molar-refractivity contribution in [2.75, 3.05) is 0 Å². The van der Waals surface area contributed by atoms with Crippen LogP contribution in [0.25, 0.3) is 10.9 Å². The molecule has 0 unspecified atom stereocenters. The van der Waals surface area contributed by atoms with Crippen molar-refractivity contribution in [2.24, 2.45) is 0 Å². The van der Waals surface area contributed by atoms with Crippen LogP contribution in [0.2, 0.25) is 0 Å². The quantitative estimate of drug-likeness (QED) is 0.814. The zero-order valence-electron chi connectivity index (χ0n) is 11.7. The highest BCUT2D eigenvalue weighted by atomic mass is 15.0. The topological polar surface area (TPSA) is 17.0 Å². The van der Waals surface area contributed by atoms with Crippen molar-refractivity contribution in [1.29, 1.82) is 0 Å². The zero-order chi connectivity index (χ0) is 13.0. The first-order valence-corrected chi connectivity index (χ1v) is 7.06. The maximum atomic E-state index is 3.58. The predicted octanol–water partition coefficient (Wildman–Crippen LogP) is 3.94. The fourth-order valence-electron chi connectivity index (χ4n) is 2.32. The average Bonchev–Trinajstić information content (AvgIpc) is 2.75. The van der Waals surface area contributed by atoms with Gasteiger partial charge >= 0.3 is 0 Å². The molecular weight excluding hydrogens is 220 g/mol. The van der Waals surface area contributed by atoms with Gasteiger partial charge in [-0.25, -0.2) is 0 Å². The number of nitrogens with one attached hydrogen (secondary N) is 1. The molecule has 2 nitrogen and oxygen atoms in total. The van der Waals surface area contributed by atoms with Gasteiger partial charge in [-0.2, -0.15) is 0 Å². The lowest BCUT2D eigenvalue weighted by atomic mass is 10.1. The van der Waals surface area contributed by atoms with Crippen LogP contribution in [0.4, 0.5) is 0 Å². The Kier molecular flexibility index (Phi) is 4.43. The van der Waals surface area contributed by atoms with E-state index in [1.54, 1.807) is 0 Å². The zero-order valence-corrected chi connectivity index (χ0v) is 11.7. The summed E-state index contributed by atoms with van der Waals surface area (Å²) in [7, 11) is 0. The van der Waals surface area contributed by atoms with Gasteiger partial charge < -0.3 is 9.88 Å². The van der Waals surface area contributed by atoms with Crippen molar-refractivity contribution >= 4 is 10.9 Å². The maximum Gasteiger partial charge on any atom is 0.0483 e. The van der Waals surface area contributed by atoms with Crippen LogP contribution in [-0.4, -0.2) is 10.6 Å². The number of aryl methyl sites for hydroxylation is 1. The van der Waals surface area contributed by atoms with Crippen molar-refractivity contribution < 1.29 is 0 Å². The van der Waals surface area contributed by atoms with Crippen LogP contribution in [0.3, 0.4) is 0 Å². The van der Waals surface area contributed by atoms with E-state index in [-0.39, 0.29) is 0 Å². The van der Waals surface area contributed by atoms with Crippen molar-refractivity contribution in [3.63, 3.8) is 0 Å². The summed E-state index contributed by atoms with van der Waals surface area (Å²) in [4.78, 5) is 0. The first kappa shape index (κ1) is 13.2. The minimum atomic E-state index is 0.582. The standard InChI is InChI=1S/C16H24N2/c1-4-10-18-12-14(11-17-13(3)5-2)15-8-6-7-9-16(15)18/h6-9,12-13,17H,4-5,10-11H2,1-3H3/t13-/m0/s1. The summed E-state index contributed by atoms with van der Waals surface area (Å²) in [5, 5.41) is 4.97. The molecule has 0 radical (unpaired) electrons. The minimum Gasteiger partial charge on any atom is -0.347 e. The van der Waals surface area contributed by atoms with E-state index < -0.39 is 0 Å². The summed E-state index contributed by atoms with van der Waals surface area (Å²) in [6.07, 6.45) is 4.66. The number of fused-ring (bicyclic) bond motifs is 1. The fourth-order valence-corrected chi connectivity index (χ4v) is 2.32. The van der Waals surface area contributed by atoms with Crippen LogP contribution in [0, 0.1) is 0 Å². The average molecular weight is 244 g/mol. The van der Waals surface area contributed by atoms with Crippen LogP contribution in [0.5, 0.6) is 0 Å². The van der Waals surface area contributed by atoms with Gasteiger partial charge in [0.25, 0.3) is 0 Å². The molecule has 0 spiro atoms. The highest BCUT2D eigenvalue weighted by molar-refractivity contribution is 5.83. The van der Waals surface area contributed by atoms with Gasteiger partial charge in [0.2, 0.25) is 0 Å². The van der Waals surface area contributed by atoms with Crippen LogP contribution >= 0.6 is 0 Å². The molecule has 0 bridgehead atoms. The molecule has 2 aromatic rings. The highest BCUT2D eigenvalue weighted by Gasteiger charge is 2.08. The molecule has 1 aromatic carbocycles. The Bertz CT molecular complexity index is 499. The van der Waals surface area contributed by atoms with E-state index in [1.807, 2.05) is 0 Å². The van der Waals surface area contributed by atoms with E-state index in [0.29, 0.717) is 6.04 Å². The molecule has 18 heavy (non-hydrogen) atoms. The Hall–Kier alpha value is -1.28. The second-order valence-electron chi connectivity index (χ2n) is 5.06. The van der Waals surface area contributed by atoms with Crippen LogP contribution in [0.15, 0.2) is 30.5 Å². The molecule has 2 rings (SSSR count). The SMILES string of the molecule is CCCn1cc(CN[C@@H](C)CC)c2ccccc21. The Morgan fingerprint density at radius 3 is 2.72 bits per heavy atom. The molecule has 0 saturated heterocycles. The van der Waals surface area contributed by atoms with Crippen molar-refractivity contribution in [2.45, 2.75) is 52.7 Å². The van der Waals surface area contributed by atoms with Gasteiger partial charge in [-0.1, -0.05) is 32.0 Å². The van der Waals surface area contributed by atoms with E-state index in [4.69, 9.17) is 0 Å². The lowest BCUT2D eigenvalue weighted by molar-refractivity contribution is 0.534. The lowest BCUT2D eigenvalue weighted by Crippen LogP contribution is -2.24. The highest BCUT2D eigenvalue weighted by Crippen LogP contribution is 2.21. The largest absolute Gasteiger partial charge is 0.347 e. The summed E-state index contributed by atoms with van der Waals surface area (Å²) >= 11 is 0. The molecule has 1 N–H and O–H groups in total. The normalized spacial score (nSPS) is 13.1. The molecule has 0 aliphatic rings. The van der Waals surface area contributed by atoms with E-state index in [9.17, 15) is 0 Å². The second kappa shape index (κ2) is 6.05. The molecule has 0 aliphatic heterocycles. The van der Waals surface area contributed by atoms with Crippen molar-refractivity contribution in [3.8, 4) is 0 Å². The molecular formula is C16H24N2.